The first-order valence-electron chi connectivity index (χ1n) is 11.7. The summed E-state index contributed by atoms with van der Waals surface area (Å²) in [5.41, 5.74) is 2.76. The Morgan fingerprint density at radius 2 is 1.80 bits per heavy atom. The van der Waals surface area contributed by atoms with Crippen LogP contribution in [0.15, 0.2) is 78.6 Å². The van der Waals surface area contributed by atoms with E-state index in [1.807, 2.05) is 70.9 Å². The van der Waals surface area contributed by atoms with Gasteiger partial charge in [0.2, 0.25) is 11.9 Å². The van der Waals surface area contributed by atoms with E-state index in [9.17, 15) is 4.79 Å². The van der Waals surface area contributed by atoms with Gasteiger partial charge in [-0.05, 0) is 35.7 Å². The minimum absolute atomic E-state index is 0.106. The van der Waals surface area contributed by atoms with Crippen molar-refractivity contribution in [2.75, 3.05) is 44.2 Å². The van der Waals surface area contributed by atoms with Crippen LogP contribution >= 0.6 is 11.3 Å². The highest BCUT2D eigenvalue weighted by molar-refractivity contribution is 7.13. The summed E-state index contributed by atoms with van der Waals surface area (Å²) in [7, 11) is 0. The average molecular weight is 486 g/mol. The number of nitrogens with zero attached hydrogens (tertiary/aromatic N) is 6. The van der Waals surface area contributed by atoms with Gasteiger partial charge in [0, 0.05) is 69.5 Å². The van der Waals surface area contributed by atoms with Crippen LogP contribution in [-0.4, -0.2) is 69.8 Å². The predicted octanol–water partition coefficient (Wildman–Crippen LogP) is 3.34. The smallest absolute Gasteiger partial charge is 0.244 e. The monoisotopic (exact) mass is 485 g/mol. The van der Waals surface area contributed by atoms with Crippen LogP contribution in [0.25, 0.3) is 22.3 Å². The first-order chi connectivity index (χ1) is 17.3. The fourth-order valence-electron chi connectivity index (χ4n) is 4.01. The second-order valence-corrected chi connectivity index (χ2v) is 9.14. The molecule has 1 saturated heterocycles. The van der Waals surface area contributed by atoms with Crippen LogP contribution in [0.2, 0.25) is 0 Å². The number of carbonyl (C=O) groups excluding carboxylic acids is 1. The van der Waals surface area contributed by atoms with Gasteiger partial charge in [-0.15, -0.1) is 11.3 Å². The zero-order valence-corrected chi connectivity index (χ0v) is 20.1. The Balaban J connectivity index is 1.15. The summed E-state index contributed by atoms with van der Waals surface area (Å²) >= 11 is 1.63. The van der Waals surface area contributed by atoms with Crippen LogP contribution in [0.4, 0.5) is 5.95 Å². The molecule has 1 aliphatic heterocycles. The minimum Gasteiger partial charge on any atom is -0.351 e. The van der Waals surface area contributed by atoms with Gasteiger partial charge in [-0.1, -0.05) is 24.3 Å². The molecule has 0 bridgehead atoms. The van der Waals surface area contributed by atoms with Gasteiger partial charge in [-0.25, -0.2) is 14.6 Å². The molecule has 0 unspecified atom stereocenters. The third kappa shape index (κ3) is 5.82. The number of nitrogens with one attached hydrogen (secondary N) is 1. The number of hydrogen-bond donors (Lipinski definition) is 1. The second kappa shape index (κ2) is 11.1. The van der Waals surface area contributed by atoms with Crippen molar-refractivity contribution in [2.45, 2.75) is 0 Å². The van der Waals surface area contributed by atoms with E-state index in [0.717, 1.165) is 60.5 Å². The molecule has 3 aromatic heterocycles. The fourth-order valence-corrected chi connectivity index (χ4v) is 4.75. The molecular formula is C26H27N7OS. The van der Waals surface area contributed by atoms with Gasteiger partial charge < -0.3 is 10.2 Å². The molecule has 1 aromatic carbocycles. The fraction of sp³-hybridized carbons (Fsp3) is 0.231. The second-order valence-electron chi connectivity index (χ2n) is 8.19. The Hall–Kier alpha value is -3.82. The van der Waals surface area contributed by atoms with Crippen LogP contribution < -0.4 is 10.2 Å². The maximum absolute atomic E-state index is 12.5. The van der Waals surface area contributed by atoms with Crippen molar-refractivity contribution < 1.29 is 4.79 Å². The molecule has 1 amide bonds. The molecule has 4 heterocycles. The van der Waals surface area contributed by atoms with Crippen LogP contribution in [0.3, 0.4) is 0 Å². The molecule has 0 aliphatic carbocycles. The van der Waals surface area contributed by atoms with Crippen molar-refractivity contribution >= 4 is 29.3 Å². The number of amides is 1. The summed E-state index contributed by atoms with van der Waals surface area (Å²) in [6.45, 7) is 5.03. The predicted molar refractivity (Wildman–Crippen MR) is 140 cm³/mol. The summed E-state index contributed by atoms with van der Waals surface area (Å²) in [5, 5.41) is 9.81. The van der Waals surface area contributed by atoms with E-state index < -0.39 is 0 Å². The quantitative estimate of drug-likeness (QED) is 0.386. The molecule has 4 aromatic rings. The standard InChI is InChI=1S/C26H27N7OS/c34-24(27-13-14-31-15-17-32(18-16-31)26-28-11-5-12-29-26)10-9-21-20-33(22-6-2-1-3-7-22)30-25(21)23-8-4-19-35-23/h1-12,19-20H,13-18H2,(H,27,34)/b10-9+. The summed E-state index contributed by atoms with van der Waals surface area (Å²) in [6, 6.07) is 15.9. The maximum Gasteiger partial charge on any atom is 0.244 e. The lowest BCUT2D eigenvalue weighted by atomic mass is 10.2. The third-order valence-electron chi connectivity index (χ3n) is 5.87. The van der Waals surface area contributed by atoms with Gasteiger partial charge in [-0.3, -0.25) is 9.69 Å². The van der Waals surface area contributed by atoms with Crippen LogP contribution in [-0.2, 0) is 4.79 Å². The van der Waals surface area contributed by atoms with Crippen molar-refractivity contribution in [1.82, 2.24) is 30.0 Å². The Labute approximate surface area is 208 Å². The maximum atomic E-state index is 12.5. The van der Waals surface area contributed by atoms with Crippen molar-refractivity contribution in [3.05, 3.63) is 84.1 Å². The third-order valence-corrected chi connectivity index (χ3v) is 6.74. The number of aromatic nitrogens is 4. The van der Waals surface area contributed by atoms with Crippen molar-refractivity contribution in [3.8, 4) is 16.3 Å². The van der Waals surface area contributed by atoms with E-state index in [0.29, 0.717) is 6.54 Å². The molecule has 5 rings (SSSR count). The molecule has 9 heteroatoms. The molecule has 0 saturated carbocycles. The van der Waals surface area contributed by atoms with Crippen molar-refractivity contribution in [1.29, 1.82) is 0 Å². The number of benzene rings is 1. The number of hydrogen-bond acceptors (Lipinski definition) is 7. The molecular weight excluding hydrogens is 458 g/mol. The number of thiophene rings is 1. The molecule has 0 radical (unpaired) electrons. The van der Waals surface area contributed by atoms with Gasteiger partial charge >= 0.3 is 0 Å². The molecule has 1 N–H and O–H groups in total. The van der Waals surface area contributed by atoms with E-state index in [-0.39, 0.29) is 5.91 Å². The lowest BCUT2D eigenvalue weighted by Gasteiger charge is -2.34. The number of piperazine rings is 1. The molecule has 35 heavy (non-hydrogen) atoms. The van der Waals surface area contributed by atoms with E-state index in [1.165, 1.54) is 0 Å². The number of anilines is 1. The SMILES string of the molecule is O=C(/C=C/c1cn(-c2ccccc2)nc1-c1cccs1)NCCN1CCN(c2ncccn2)CC1. The number of para-hydroxylation sites is 1. The zero-order valence-electron chi connectivity index (χ0n) is 19.3. The normalized spacial score (nSPS) is 14.5. The summed E-state index contributed by atoms with van der Waals surface area (Å²) in [4.78, 5) is 26.8. The van der Waals surface area contributed by atoms with Crippen LogP contribution in [0.1, 0.15) is 5.56 Å². The van der Waals surface area contributed by atoms with Crippen molar-refractivity contribution in [3.63, 3.8) is 0 Å². The van der Waals surface area contributed by atoms with E-state index >= 15 is 0 Å². The van der Waals surface area contributed by atoms with E-state index in [1.54, 1.807) is 29.8 Å². The van der Waals surface area contributed by atoms with Crippen LogP contribution in [0, 0.1) is 0 Å². The summed E-state index contributed by atoms with van der Waals surface area (Å²) in [6.07, 6.45) is 8.94. The molecule has 1 fully saturated rings. The number of carbonyl (C=O) groups is 1. The molecule has 0 atom stereocenters. The first-order valence-corrected chi connectivity index (χ1v) is 12.5. The highest BCUT2D eigenvalue weighted by atomic mass is 32.1. The minimum atomic E-state index is -0.106. The Morgan fingerprint density at radius 1 is 1.00 bits per heavy atom. The zero-order chi connectivity index (χ0) is 23.9. The van der Waals surface area contributed by atoms with Gasteiger partial charge in [0.05, 0.1) is 10.6 Å². The van der Waals surface area contributed by atoms with Crippen molar-refractivity contribution in [2.24, 2.45) is 0 Å². The van der Waals surface area contributed by atoms with Gasteiger partial charge in [0.25, 0.3) is 0 Å². The molecule has 8 nitrogen and oxygen atoms in total. The Kier molecular flexibility index (Phi) is 7.26. The van der Waals surface area contributed by atoms with E-state index in [2.05, 4.69) is 25.1 Å². The largest absolute Gasteiger partial charge is 0.351 e. The van der Waals surface area contributed by atoms with Gasteiger partial charge in [0.1, 0.15) is 5.69 Å². The van der Waals surface area contributed by atoms with Gasteiger partial charge in [0.15, 0.2) is 0 Å². The van der Waals surface area contributed by atoms with E-state index in [4.69, 9.17) is 5.10 Å². The Bertz CT molecular complexity index is 1250. The average Bonchev–Trinajstić information content (AvgIpc) is 3.59. The summed E-state index contributed by atoms with van der Waals surface area (Å²) < 4.78 is 1.85. The molecule has 178 valence electrons. The Morgan fingerprint density at radius 3 is 2.54 bits per heavy atom. The van der Waals surface area contributed by atoms with Gasteiger partial charge in [-0.2, -0.15) is 5.10 Å². The topological polar surface area (TPSA) is 79.2 Å². The lowest BCUT2D eigenvalue weighted by Crippen LogP contribution is -2.48. The van der Waals surface area contributed by atoms with Crippen LogP contribution in [0.5, 0.6) is 0 Å². The lowest BCUT2D eigenvalue weighted by molar-refractivity contribution is -0.116. The highest BCUT2D eigenvalue weighted by Crippen LogP contribution is 2.28. The highest BCUT2D eigenvalue weighted by Gasteiger charge is 2.18. The summed E-state index contributed by atoms with van der Waals surface area (Å²) in [5.74, 6) is 0.675. The number of rotatable bonds is 8. The molecule has 1 aliphatic rings. The first kappa shape index (κ1) is 22.9. The molecule has 0 spiro atoms.